The molecule has 4 nitrogen and oxygen atoms in total. The van der Waals surface area contributed by atoms with Crippen LogP contribution in [-0.2, 0) is 4.79 Å². The average molecular weight is 297 g/mol. The van der Waals surface area contributed by atoms with Crippen molar-refractivity contribution in [2.45, 2.75) is 25.7 Å². The summed E-state index contributed by atoms with van der Waals surface area (Å²) in [6, 6.07) is 5.24. The van der Waals surface area contributed by atoms with E-state index in [-0.39, 0.29) is 5.91 Å². The summed E-state index contributed by atoms with van der Waals surface area (Å²) in [5, 5.41) is 6.79. The van der Waals surface area contributed by atoms with Crippen LogP contribution < -0.4 is 15.4 Å². The van der Waals surface area contributed by atoms with Crippen molar-refractivity contribution < 1.29 is 9.53 Å². The third kappa shape index (κ3) is 4.39. The van der Waals surface area contributed by atoms with Crippen LogP contribution in [0.25, 0.3) is 0 Å². The van der Waals surface area contributed by atoms with Crippen LogP contribution in [0.4, 0.5) is 5.69 Å². The Labute approximate surface area is 124 Å². The number of ether oxygens (including phenoxy) is 1. The van der Waals surface area contributed by atoms with Crippen LogP contribution in [0.15, 0.2) is 18.2 Å². The Morgan fingerprint density at radius 3 is 3.10 bits per heavy atom. The van der Waals surface area contributed by atoms with Crippen LogP contribution in [0.2, 0.25) is 5.02 Å². The van der Waals surface area contributed by atoms with Crippen molar-refractivity contribution in [2.24, 2.45) is 5.92 Å². The number of rotatable bonds is 5. The standard InChI is InChI=1S/C15H21ClN2O2/c1-20-14-9-12(5-6-13(14)16)18-15(19)7-4-11-3-2-8-17-10-11/h5-6,9,11,17H,2-4,7-8,10H2,1H3,(H,18,19). The van der Waals surface area contributed by atoms with E-state index in [2.05, 4.69) is 10.6 Å². The Hall–Kier alpha value is -1.26. The normalized spacial score (nSPS) is 18.6. The van der Waals surface area contributed by atoms with Crippen molar-refractivity contribution in [1.29, 1.82) is 0 Å². The van der Waals surface area contributed by atoms with Gasteiger partial charge < -0.3 is 15.4 Å². The molecule has 1 aromatic carbocycles. The molecule has 1 aliphatic rings. The summed E-state index contributed by atoms with van der Waals surface area (Å²) in [7, 11) is 1.56. The molecule has 0 bridgehead atoms. The summed E-state index contributed by atoms with van der Waals surface area (Å²) in [6.07, 6.45) is 3.91. The molecule has 1 fully saturated rings. The summed E-state index contributed by atoms with van der Waals surface area (Å²) in [5.41, 5.74) is 0.720. The van der Waals surface area contributed by atoms with Gasteiger partial charge in [-0.3, -0.25) is 4.79 Å². The maximum atomic E-state index is 11.9. The predicted molar refractivity (Wildman–Crippen MR) is 81.5 cm³/mol. The van der Waals surface area contributed by atoms with Gasteiger partial charge in [0.15, 0.2) is 0 Å². The van der Waals surface area contributed by atoms with Crippen molar-refractivity contribution >= 4 is 23.2 Å². The number of hydrogen-bond donors (Lipinski definition) is 2. The molecule has 20 heavy (non-hydrogen) atoms. The molecule has 1 amide bonds. The number of carbonyl (C=O) groups excluding carboxylic acids is 1. The van der Waals surface area contributed by atoms with Crippen LogP contribution in [-0.4, -0.2) is 26.1 Å². The highest BCUT2D eigenvalue weighted by Crippen LogP contribution is 2.27. The number of nitrogens with one attached hydrogen (secondary N) is 2. The first-order valence-electron chi connectivity index (χ1n) is 7.03. The Kier molecular flexibility index (Phi) is 5.68. The van der Waals surface area contributed by atoms with Gasteiger partial charge in [-0.15, -0.1) is 0 Å². The summed E-state index contributed by atoms with van der Waals surface area (Å²) in [4.78, 5) is 11.9. The minimum absolute atomic E-state index is 0.0416. The smallest absolute Gasteiger partial charge is 0.224 e. The highest BCUT2D eigenvalue weighted by atomic mass is 35.5. The summed E-state index contributed by atoms with van der Waals surface area (Å²) in [5.74, 6) is 1.23. The maximum absolute atomic E-state index is 11.9. The monoisotopic (exact) mass is 296 g/mol. The van der Waals surface area contributed by atoms with Crippen LogP contribution in [0.3, 0.4) is 0 Å². The van der Waals surface area contributed by atoms with Gasteiger partial charge in [0.25, 0.3) is 0 Å². The van der Waals surface area contributed by atoms with Gasteiger partial charge >= 0.3 is 0 Å². The van der Waals surface area contributed by atoms with E-state index in [9.17, 15) is 4.79 Å². The first-order chi connectivity index (χ1) is 9.69. The first kappa shape index (κ1) is 15.1. The third-order valence-corrected chi connectivity index (χ3v) is 3.93. The van der Waals surface area contributed by atoms with Crippen molar-refractivity contribution in [1.82, 2.24) is 5.32 Å². The van der Waals surface area contributed by atoms with Crippen molar-refractivity contribution in [3.8, 4) is 5.75 Å². The van der Waals surface area contributed by atoms with E-state index in [0.717, 1.165) is 25.2 Å². The summed E-state index contributed by atoms with van der Waals surface area (Å²) < 4.78 is 5.13. The molecule has 1 unspecified atom stereocenters. The first-order valence-corrected chi connectivity index (χ1v) is 7.41. The number of piperidine rings is 1. The fraction of sp³-hybridized carbons (Fsp3) is 0.533. The number of benzene rings is 1. The second kappa shape index (κ2) is 7.50. The molecule has 2 N–H and O–H groups in total. The lowest BCUT2D eigenvalue weighted by Gasteiger charge is -2.22. The van der Waals surface area contributed by atoms with Crippen molar-refractivity contribution in [3.63, 3.8) is 0 Å². The number of amides is 1. The van der Waals surface area contributed by atoms with Gasteiger partial charge in [-0.05, 0) is 50.4 Å². The van der Waals surface area contributed by atoms with Crippen LogP contribution in [0.1, 0.15) is 25.7 Å². The highest BCUT2D eigenvalue weighted by molar-refractivity contribution is 6.32. The largest absolute Gasteiger partial charge is 0.495 e. The zero-order valence-corrected chi connectivity index (χ0v) is 12.5. The highest BCUT2D eigenvalue weighted by Gasteiger charge is 2.14. The molecule has 2 rings (SSSR count). The minimum atomic E-state index is 0.0416. The molecule has 1 aromatic rings. The lowest BCUT2D eigenvalue weighted by molar-refractivity contribution is -0.116. The van der Waals surface area contributed by atoms with Crippen molar-refractivity contribution in [3.05, 3.63) is 23.2 Å². The molecule has 110 valence electrons. The van der Waals surface area contributed by atoms with Gasteiger partial charge in [-0.1, -0.05) is 11.6 Å². The summed E-state index contributed by atoms with van der Waals surface area (Å²) >= 11 is 5.95. The van der Waals surface area contributed by atoms with E-state index in [1.54, 1.807) is 25.3 Å². The Balaban J connectivity index is 1.81. The maximum Gasteiger partial charge on any atom is 0.224 e. The molecule has 0 radical (unpaired) electrons. The van der Waals surface area contributed by atoms with E-state index in [1.807, 2.05) is 0 Å². The lowest BCUT2D eigenvalue weighted by atomic mass is 9.94. The molecule has 1 heterocycles. The fourth-order valence-electron chi connectivity index (χ4n) is 2.47. The number of hydrogen-bond acceptors (Lipinski definition) is 3. The van der Waals surface area contributed by atoms with Gasteiger partial charge in [-0.25, -0.2) is 0 Å². The minimum Gasteiger partial charge on any atom is -0.495 e. The average Bonchev–Trinajstić information content (AvgIpc) is 2.48. The van der Waals surface area contributed by atoms with E-state index in [1.165, 1.54) is 12.8 Å². The number of halogens is 1. The fourth-order valence-corrected chi connectivity index (χ4v) is 2.66. The molecule has 1 saturated heterocycles. The van der Waals surface area contributed by atoms with Gasteiger partial charge in [0.2, 0.25) is 5.91 Å². The van der Waals surface area contributed by atoms with Gasteiger partial charge in [0.05, 0.1) is 12.1 Å². The Morgan fingerprint density at radius 2 is 2.40 bits per heavy atom. The molecule has 0 spiro atoms. The lowest BCUT2D eigenvalue weighted by Crippen LogP contribution is -2.30. The van der Waals surface area contributed by atoms with E-state index in [4.69, 9.17) is 16.3 Å². The van der Waals surface area contributed by atoms with Gasteiger partial charge in [0.1, 0.15) is 5.75 Å². The van der Waals surface area contributed by atoms with E-state index >= 15 is 0 Å². The molecule has 0 aliphatic carbocycles. The van der Waals surface area contributed by atoms with Crippen molar-refractivity contribution in [2.75, 3.05) is 25.5 Å². The number of carbonyl (C=O) groups is 1. The quantitative estimate of drug-likeness (QED) is 0.878. The zero-order chi connectivity index (χ0) is 14.4. The van der Waals surface area contributed by atoms with E-state index < -0.39 is 0 Å². The Bertz CT molecular complexity index is 459. The molecule has 0 aromatic heterocycles. The molecule has 1 atom stereocenters. The van der Waals surface area contributed by atoms with Gasteiger partial charge in [0, 0.05) is 18.2 Å². The number of anilines is 1. The third-order valence-electron chi connectivity index (χ3n) is 3.61. The second-order valence-electron chi connectivity index (χ2n) is 5.15. The SMILES string of the molecule is COc1cc(NC(=O)CCC2CCCNC2)ccc1Cl. The molecule has 0 saturated carbocycles. The van der Waals surface area contributed by atoms with Gasteiger partial charge in [-0.2, -0.15) is 0 Å². The molecule has 5 heteroatoms. The van der Waals surface area contributed by atoms with Crippen LogP contribution >= 0.6 is 11.6 Å². The summed E-state index contributed by atoms with van der Waals surface area (Å²) in [6.45, 7) is 2.13. The molecule has 1 aliphatic heterocycles. The zero-order valence-electron chi connectivity index (χ0n) is 11.7. The molecular weight excluding hydrogens is 276 g/mol. The van der Waals surface area contributed by atoms with Crippen LogP contribution in [0.5, 0.6) is 5.75 Å². The van der Waals surface area contributed by atoms with E-state index in [0.29, 0.717) is 23.1 Å². The Morgan fingerprint density at radius 1 is 1.55 bits per heavy atom. The topological polar surface area (TPSA) is 50.4 Å². The molecular formula is C15H21ClN2O2. The predicted octanol–water partition coefficient (Wildman–Crippen LogP) is 3.07. The number of methoxy groups -OCH3 is 1. The second-order valence-corrected chi connectivity index (χ2v) is 5.56. The van der Waals surface area contributed by atoms with Crippen LogP contribution in [0, 0.1) is 5.92 Å².